The van der Waals surface area contributed by atoms with Crippen LogP contribution >= 0.6 is 10.6 Å². The number of allylic oxidation sites excluding steroid dienone is 1. The third kappa shape index (κ3) is 2.37. The lowest BCUT2D eigenvalue weighted by atomic mass is 10.1. The van der Waals surface area contributed by atoms with Crippen molar-refractivity contribution in [3.05, 3.63) is 45.9 Å². The van der Waals surface area contributed by atoms with Crippen LogP contribution in [0.25, 0.3) is 6.08 Å². The van der Waals surface area contributed by atoms with Crippen LogP contribution in [0.3, 0.4) is 0 Å². The molecule has 7 heteroatoms. The molecule has 25 heavy (non-hydrogen) atoms. The van der Waals surface area contributed by atoms with Crippen LogP contribution in [0, 0.1) is 11.3 Å². The van der Waals surface area contributed by atoms with Gasteiger partial charge in [0, 0.05) is 18.7 Å². The van der Waals surface area contributed by atoms with Crippen molar-refractivity contribution >= 4 is 28.6 Å². The Kier molecular flexibility index (Phi) is 3.67. The molecule has 1 spiro atoms. The Morgan fingerprint density at radius 1 is 1.28 bits per heavy atom. The summed E-state index contributed by atoms with van der Waals surface area (Å²) in [7, 11) is -2.66. The Morgan fingerprint density at radius 3 is 2.64 bits per heavy atom. The quantitative estimate of drug-likeness (QED) is 0.758. The first-order valence-corrected chi connectivity index (χ1v) is 9.54. The lowest BCUT2D eigenvalue weighted by Gasteiger charge is -2.37. The summed E-state index contributed by atoms with van der Waals surface area (Å²) in [6, 6.07) is 7.25. The first-order chi connectivity index (χ1) is 12.1. The average Bonchev–Trinajstić information content (AvgIpc) is 3.11. The van der Waals surface area contributed by atoms with Crippen LogP contribution in [-0.4, -0.2) is 36.5 Å². The second-order valence-corrected chi connectivity index (χ2v) is 8.21. The van der Waals surface area contributed by atoms with Gasteiger partial charge in [-0.2, -0.15) is 5.26 Å². The zero-order valence-corrected chi connectivity index (χ0v) is 14.5. The van der Waals surface area contributed by atoms with Crippen LogP contribution in [-0.2, 0) is 18.0 Å². The van der Waals surface area contributed by atoms with E-state index in [2.05, 4.69) is 24.0 Å². The normalized spacial score (nSPS) is 22.6. The van der Waals surface area contributed by atoms with E-state index >= 15 is 0 Å². The smallest absolute Gasteiger partial charge is 0.325 e. The Labute approximate surface area is 147 Å². The van der Waals surface area contributed by atoms with Gasteiger partial charge in [-0.1, -0.05) is 29.7 Å². The number of likely N-dealkylation sites (N-methyl/N-ethyl adjacent to an activating group) is 1. The van der Waals surface area contributed by atoms with E-state index in [1.54, 1.807) is 18.2 Å². The molecule has 3 heterocycles. The Bertz CT molecular complexity index is 881. The number of fused-ring (bicyclic) bond motifs is 2. The van der Waals surface area contributed by atoms with E-state index < -0.39 is 22.5 Å². The molecule has 0 saturated carbocycles. The average molecular weight is 356 g/mol. The fraction of sp³-hybridized carbons (Fsp3) is 0.278. The molecule has 0 amide bonds. The predicted molar refractivity (Wildman–Crippen MR) is 92.0 cm³/mol. The summed E-state index contributed by atoms with van der Waals surface area (Å²) < 4.78 is 11.0. The number of carbonyl (C=O) groups excluding carboxylic acids is 2. The topological polar surface area (TPSA) is 79.6 Å². The predicted octanol–water partition coefficient (Wildman–Crippen LogP) is 2.66. The first-order valence-electron chi connectivity index (χ1n) is 8.05. The van der Waals surface area contributed by atoms with Gasteiger partial charge in [-0.25, -0.2) is 9.59 Å². The highest BCUT2D eigenvalue weighted by molar-refractivity contribution is 8.30. The van der Waals surface area contributed by atoms with Crippen molar-refractivity contribution in [2.45, 2.75) is 18.2 Å². The van der Waals surface area contributed by atoms with Gasteiger partial charge in [0.2, 0.25) is 0 Å². The van der Waals surface area contributed by atoms with Crippen molar-refractivity contribution in [3.63, 3.8) is 0 Å². The minimum absolute atomic E-state index is 0.439. The molecule has 1 fully saturated rings. The van der Waals surface area contributed by atoms with Crippen LogP contribution in [0.2, 0.25) is 0 Å². The Morgan fingerprint density at radius 2 is 2.04 bits per heavy atom. The lowest BCUT2D eigenvalue weighted by molar-refractivity contribution is -0.150. The SMILES string of the molecule is CCN1CC=C(C2=Cc3ccc(C#N)cc3S23OC(=O)C(=O)O3)CC1. The molecule has 3 aliphatic rings. The summed E-state index contributed by atoms with van der Waals surface area (Å²) in [6.07, 6.45) is 4.82. The lowest BCUT2D eigenvalue weighted by Crippen LogP contribution is -2.28. The molecule has 0 atom stereocenters. The van der Waals surface area contributed by atoms with E-state index in [4.69, 9.17) is 8.37 Å². The fourth-order valence-corrected chi connectivity index (χ4v) is 5.98. The van der Waals surface area contributed by atoms with E-state index in [1.807, 2.05) is 6.08 Å². The van der Waals surface area contributed by atoms with Gasteiger partial charge in [-0.15, -0.1) is 0 Å². The summed E-state index contributed by atoms with van der Waals surface area (Å²) >= 11 is 0. The Balaban J connectivity index is 1.82. The standard InChI is InChI=1S/C18H16N2O4S/c1-2-20-7-5-13(6-8-20)16-10-14-4-3-12(11-19)9-15(14)25(16)23-17(21)18(22)24-25/h3-5,9-10H,2,6-8H2,1H3. The molecule has 128 valence electrons. The van der Waals surface area contributed by atoms with Gasteiger partial charge in [0.05, 0.1) is 21.4 Å². The monoisotopic (exact) mass is 356 g/mol. The second-order valence-electron chi connectivity index (χ2n) is 5.99. The number of rotatable bonds is 2. The van der Waals surface area contributed by atoms with Crippen LogP contribution in [0.1, 0.15) is 24.5 Å². The fourth-order valence-electron chi connectivity index (χ4n) is 3.26. The largest absolute Gasteiger partial charge is 0.442 e. The number of nitrogens with zero attached hydrogens (tertiary/aromatic N) is 2. The van der Waals surface area contributed by atoms with E-state index in [-0.39, 0.29) is 0 Å². The molecular weight excluding hydrogens is 340 g/mol. The number of nitriles is 1. The molecule has 0 radical (unpaired) electrons. The zero-order valence-electron chi connectivity index (χ0n) is 13.7. The van der Waals surface area contributed by atoms with Crippen LogP contribution in [0.15, 0.2) is 39.6 Å². The third-order valence-electron chi connectivity index (χ3n) is 4.62. The summed E-state index contributed by atoms with van der Waals surface area (Å²) in [4.78, 5) is 27.3. The van der Waals surface area contributed by atoms with Crippen LogP contribution in [0.5, 0.6) is 0 Å². The number of carbonyl (C=O) groups is 2. The number of hydrogen-bond acceptors (Lipinski definition) is 6. The third-order valence-corrected chi connectivity index (χ3v) is 7.28. The molecule has 0 aromatic heterocycles. The molecule has 0 bridgehead atoms. The highest BCUT2D eigenvalue weighted by Gasteiger charge is 2.50. The van der Waals surface area contributed by atoms with Crippen molar-refractivity contribution in [2.75, 3.05) is 19.6 Å². The molecule has 3 aliphatic heterocycles. The van der Waals surface area contributed by atoms with Crippen molar-refractivity contribution in [2.24, 2.45) is 0 Å². The summed E-state index contributed by atoms with van der Waals surface area (Å²) in [5.74, 6) is -1.94. The van der Waals surface area contributed by atoms with Gasteiger partial charge < -0.3 is 8.37 Å². The van der Waals surface area contributed by atoms with E-state index in [0.29, 0.717) is 10.5 Å². The van der Waals surface area contributed by atoms with Crippen LogP contribution < -0.4 is 0 Å². The zero-order chi connectivity index (χ0) is 17.6. The highest BCUT2D eigenvalue weighted by atomic mass is 32.3. The molecule has 1 aromatic carbocycles. The molecule has 0 unspecified atom stereocenters. The van der Waals surface area contributed by atoms with Gasteiger partial charge in [-0.05, 0) is 36.7 Å². The van der Waals surface area contributed by atoms with Crippen molar-refractivity contribution in [3.8, 4) is 6.07 Å². The molecule has 1 saturated heterocycles. The van der Waals surface area contributed by atoms with Crippen molar-refractivity contribution in [1.82, 2.24) is 4.90 Å². The van der Waals surface area contributed by atoms with Gasteiger partial charge >= 0.3 is 11.9 Å². The molecule has 6 nitrogen and oxygen atoms in total. The summed E-state index contributed by atoms with van der Waals surface area (Å²) in [5, 5.41) is 9.18. The minimum atomic E-state index is -2.66. The summed E-state index contributed by atoms with van der Waals surface area (Å²) in [5.41, 5.74) is 2.30. The summed E-state index contributed by atoms with van der Waals surface area (Å²) in [6.45, 7) is 4.79. The van der Waals surface area contributed by atoms with Gasteiger partial charge in [0.15, 0.2) is 0 Å². The molecule has 0 N–H and O–H groups in total. The van der Waals surface area contributed by atoms with Gasteiger partial charge in [0.25, 0.3) is 0 Å². The van der Waals surface area contributed by atoms with Crippen molar-refractivity contribution in [1.29, 1.82) is 5.26 Å². The second kappa shape index (κ2) is 5.76. The maximum absolute atomic E-state index is 11.8. The van der Waals surface area contributed by atoms with E-state index in [9.17, 15) is 14.9 Å². The number of benzene rings is 1. The maximum Gasteiger partial charge on any atom is 0.442 e. The number of hydrogen-bond donors (Lipinski definition) is 0. The van der Waals surface area contributed by atoms with Crippen LogP contribution in [0.4, 0.5) is 0 Å². The van der Waals surface area contributed by atoms with Crippen molar-refractivity contribution < 1.29 is 18.0 Å². The highest BCUT2D eigenvalue weighted by Crippen LogP contribution is 2.73. The molecule has 0 aliphatic carbocycles. The van der Waals surface area contributed by atoms with Gasteiger partial charge in [-0.3, -0.25) is 4.90 Å². The Hall–Kier alpha value is -2.56. The van der Waals surface area contributed by atoms with E-state index in [0.717, 1.165) is 42.1 Å². The molecular formula is C18H16N2O4S. The van der Waals surface area contributed by atoms with E-state index in [1.165, 1.54) is 0 Å². The minimum Gasteiger partial charge on any atom is -0.325 e. The first kappa shape index (κ1) is 15.9. The maximum atomic E-state index is 11.8. The van der Waals surface area contributed by atoms with Gasteiger partial charge in [0.1, 0.15) is 0 Å². The molecule has 4 rings (SSSR count). The molecule has 1 aromatic rings.